The first-order chi connectivity index (χ1) is 18.3. The zero-order valence-electron chi connectivity index (χ0n) is 22.2. The summed E-state index contributed by atoms with van der Waals surface area (Å²) >= 11 is 1.24. The van der Waals surface area contributed by atoms with Gasteiger partial charge in [0.05, 0.1) is 12.1 Å². The summed E-state index contributed by atoms with van der Waals surface area (Å²) in [5.41, 5.74) is 2.03. The number of thioether (sulfide) groups is 1. The van der Waals surface area contributed by atoms with Crippen LogP contribution in [0.2, 0.25) is 0 Å². The minimum Gasteiger partial charge on any atom is -0.475 e. The molecule has 206 valence electrons. The normalized spacial score (nSPS) is 13.0. The molecule has 0 aliphatic heterocycles. The van der Waals surface area contributed by atoms with Gasteiger partial charge in [0.2, 0.25) is 5.76 Å². The summed E-state index contributed by atoms with van der Waals surface area (Å²) in [4.78, 5) is 23.1. The van der Waals surface area contributed by atoms with Crippen molar-refractivity contribution in [3.8, 4) is 0 Å². The van der Waals surface area contributed by atoms with Crippen LogP contribution in [0.15, 0.2) is 62.6 Å². The first-order valence-corrected chi connectivity index (χ1v) is 14.5. The van der Waals surface area contributed by atoms with E-state index in [0.717, 1.165) is 24.5 Å². The monoisotopic (exact) mass is 542 g/mol. The van der Waals surface area contributed by atoms with Crippen molar-refractivity contribution in [2.24, 2.45) is 0 Å². The molecule has 0 radical (unpaired) electrons. The van der Waals surface area contributed by atoms with E-state index in [1.54, 1.807) is 18.2 Å². The Labute approximate surface area is 228 Å². The molecular weight excluding hydrogens is 503 g/mol. The summed E-state index contributed by atoms with van der Waals surface area (Å²) in [6.45, 7) is 1.79. The van der Waals surface area contributed by atoms with Crippen LogP contribution in [0.5, 0.6) is 0 Å². The van der Waals surface area contributed by atoms with Gasteiger partial charge in [0.15, 0.2) is 5.43 Å². The lowest BCUT2D eigenvalue weighted by atomic mass is 9.95. The van der Waals surface area contributed by atoms with Crippen molar-refractivity contribution in [1.29, 1.82) is 0 Å². The Hall–Kier alpha value is -2.64. The number of unbranched alkanes of at least 4 members (excludes halogenated alkanes) is 7. The van der Waals surface area contributed by atoms with Crippen molar-refractivity contribution in [2.75, 3.05) is 6.67 Å². The van der Waals surface area contributed by atoms with Crippen molar-refractivity contribution in [1.82, 2.24) is 0 Å². The first kappa shape index (κ1) is 29.9. The number of hydrogen-bond acceptors (Lipinski definition) is 5. The molecule has 3 rings (SSSR count). The van der Waals surface area contributed by atoms with E-state index in [-0.39, 0.29) is 11.0 Å². The van der Waals surface area contributed by atoms with Crippen LogP contribution >= 0.6 is 11.8 Å². The second kappa shape index (κ2) is 15.1. The Morgan fingerprint density at radius 3 is 2.37 bits per heavy atom. The van der Waals surface area contributed by atoms with Crippen LogP contribution in [0.25, 0.3) is 11.0 Å². The SMILES string of the molecule is CCCCCCCCCc1ccccc1C[C@](O)(CCCCF)Sc1ccc2c(=O)cc(C(=O)O)oc2c1. The van der Waals surface area contributed by atoms with Crippen molar-refractivity contribution >= 4 is 28.7 Å². The van der Waals surface area contributed by atoms with Crippen LogP contribution in [0.4, 0.5) is 4.39 Å². The van der Waals surface area contributed by atoms with Gasteiger partial charge in [0.1, 0.15) is 10.5 Å². The van der Waals surface area contributed by atoms with E-state index >= 15 is 0 Å². The van der Waals surface area contributed by atoms with Gasteiger partial charge in [-0.1, -0.05) is 81.5 Å². The zero-order chi connectivity index (χ0) is 27.4. The van der Waals surface area contributed by atoms with Crippen LogP contribution in [-0.2, 0) is 12.8 Å². The van der Waals surface area contributed by atoms with Crippen LogP contribution in [0.1, 0.15) is 92.8 Å². The maximum atomic E-state index is 12.9. The molecule has 0 fully saturated rings. The summed E-state index contributed by atoms with van der Waals surface area (Å²) in [5, 5.41) is 21.3. The molecule has 2 aromatic carbocycles. The molecule has 1 atom stereocenters. The van der Waals surface area contributed by atoms with E-state index in [1.807, 2.05) is 12.1 Å². The van der Waals surface area contributed by atoms with Crippen molar-refractivity contribution in [3.63, 3.8) is 0 Å². The minimum absolute atomic E-state index is 0.158. The van der Waals surface area contributed by atoms with Crippen LogP contribution < -0.4 is 5.43 Å². The standard InChI is InChI=1S/C31H39FO5S/c1-2-3-4-5-6-7-8-13-23-14-9-10-15-24(23)22-31(36,18-11-12-19-32)38-25-16-17-26-27(33)21-29(30(34)35)37-28(26)20-25/h9-10,14-17,20-21,36H,2-8,11-13,18-19,22H2,1H3,(H,34,35)/t31-/m0/s1. The van der Waals surface area contributed by atoms with Gasteiger partial charge in [0.25, 0.3) is 0 Å². The number of alkyl halides is 1. The van der Waals surface area contributed by atoms with E-state index in [9.17, 15) is 24.2 Å². The number of carboxylic acids is 1. The highest BCUT2D eigenvalue weighted by Gasteiger charge is 2.29. The molecule has 0 aliphatic carbocycles. The third-order valence-electron chi connectivity index (χ3n) is 6.81. The molecular formula is C31H39FO5S. The third-order valence-corrected chi connectivity index (χ3v) is 8.02. The number of aryl methyl sites for hydroxylation is 1. The number of carbonyl (C=O) groups is 1. The number of hydrogen-bond donors (Lipinski definition) is 2. The number of fused-ring (bicyclic) bond motifs is 1. The van der Waals surface area contributed by atoms with E-state index < -0.39 is 28.8 Å². The van der Waals surface area contributed by atoms with Gasteiger partial charge in [-0.05, 0) is 61.4 Å². The van der Waals surface area contributed by atoms with Gasteiger partial charge in [-0.2, -0.15) is 0 Å². The van der Waals surface area contributed by atoms with E-state index in [2.05, 4.69) is 19.1 Å². The Bertz CT molecular complexity index is 1240. The van der Waals surface area contributed by atoms with Crippen molar-refractivity contribution in [2.45, 2.75) is 93.8 Å². The van der Waals surface area contributed by atoms with E-state index in [0.29, 0.717) is 30.6 Å². The average molecular weight is 543 g/mol. The Morgan fingerprint density at radius 2 is 1.66 bits per heavy atom. The van der Waals surface area contributed by atoms with Crippen LogP contribution in [-0.4, -0.2) is 27.8 Å². The Kier molecular flexibility index (Phi) is 11.9. The highest BCUT2D eigenvalue weighted by atomic mass is 32.2. The first-order valence-electron chi connectivity index (χ1n) is 13.7. The summed E-state index contributed by atoms with van der Waals surface area (Å²) in [6, 6.07) is 14.1. The molecule has 0 bridgehead atoms. The largest absolute Gasteiger partial charge is 0.475 e. The summed E-state index contributed by atoms with van der Waals surface area (Å²) in [6.07, 6.45) is 11.3. The lowest BCUT2D eigenvalue weighted by Crippen LogP contribution is -2.28. The van der Waals surface area contributed by atoms with Gasteiger partial charge in [-0.25, -0.2) is 4.79 Å². The number of aliphatic hydroxyl groups is 1. The smallest absolute Gasteiger partial charge is 0.371 e. The highest BCUT2D eigenvalue weighted by Crippen LogP contribution is 2.39. The predicted octanol–water partition coefficient (Wildman–Crippen LogP) is 7.95. The molecule has 3 aromatic rings. The van der Waals surface area contributed by atoms with Gasteiger partial charge < -0.3 is 14.6 Å². The fraction of sp³-hybridized carbons (Fsp3) is 0.484. The number of benzene rings is 2. The molecule has 1 aromatic heterocycles. The predicted molar refractivity (Wildman–Crippen MR) is 152 cm³/mol. The number of carboxylic acid groups (broad SMARTS) is 1. The van der Waals surface area contributed by atoms with Gasteiger partial charge >= 0.3 is 5.97 Å². The number of rotatable bonds is 17. The minimum atomic E-state index is -1.32. The van der Waals surface area contributed by atoms with Crippen LogP contribution in [0, 0.1) is 0 Å². The van der Waals surface area contributed by atoms with E-state index in [4.69, 9.17) is 4.42 Å². The topological polar surface area (TPSA) is 87.7 Å². The Morgan fingerprint density at radius 1 is 0.947 bits per heavy atom. The quantitative estimate of drug-likeness (QED) is 0.102. The third kappa shape index (κ3) is 8.98. The molecule has 2 N–H and O–H groups in total. The number of halogens is 1. The lowest BCUT2D eigenvalue weighted by molar-refractivity contribution is 0.0663. The molecule has 0 saturated carbocycles. The summed E-state index contributed by atoms with van der Waals surface area (Å²) in [5.74, 6) is -1.75. The maximum Gasteiger partial charge on any atom is 0.371 e. The molecule has 0 amide bonds. The summed E-state index contributed by atoms with van der Waals surface area (Å²) in [7, 11) is 0. The fourth-order valence-electron chi connectivity index (χ4n) is 4.74. The average Bonchev–Trinajstić information content (AvgIpc) is 2.89. The zero-order valence-corrected chi connectivity index (χ0v) is 23.0. The molecule has 0 spiro atoms. The summed E-state index contributed by atoms with van der Waals surface area (Å²) < 4.78 is 18.3. The molecule has 5 nitrogen and oxygen atoms in total. The molecule has 0 aliphatic rings. The number of aromatic carboxylic acids is 1. The maximum absolute atomic E-state index is 12.9. The molecule has 0 saturated heterocycles. The van der Waals surface area contributed by atoms with Crippen molar-refractivity contribution in [3.05, 3.63) is 75.6 Å². The fourth-order valence-corrected chi connectivity index (χ4v) is 5.95. The second-order valence-corrected chi connectivity index (χ2v) is 11.4. The molecule has 7 heteroatoms. The molecule has 1 heterocycles. The lowest BCUT2D eigenvalue weighted by Gasteiger charge is -2.29. The molecule has 0 unspecified atom stereocenters. The van der Waals surface area contributed by atoms with E-state index in [1.165, 1.54) is 55.9 Å². The molecule has 38 heavy (non-hydrogen) atoms. The second-order valence-electron chi connectivity index (χ2n) is 9.95. The van der Waals surface area contributed by atoms with Gasteiger partial charge in [-0.3, -0.25) is 9.18 Å². The van der Waals surface area contributed by atoms with Gasteiger partial charge in [-0.15, -0.1) is 0 Å². The highest BCUT2D eigenvalue weighted by molar-refractivity contribution is 8.00. The van der Waals surface area contributed by atoms with Crippen molar-refractivity contribution < 1.29 is 23.8 Å². The van der Waals surface area contributed by atoms with Gasteiger partial charge in [0, 0.05) is 17.4 Å². The van der Waals surface area contributed by atoms with Crippen LogP contribution in [0.3, 0.4) is 0 Å². The Balaban J connectivity index is 1.78.